The summed E-state index contributed by atoms with van der Waals surface area (Å²) >= 11 is 0. The Morgan fingerprint density at radius 1 is 1.37 bits per heavy atom. The van der Waals surface area contributed by atoms with Gasteiger partial charge in [-0.15, -0.1) is 0 Å². The van der Waals surface area contributed by atoms with Crippen LogP contribution in [0.3, 0.4) is 0 Å². The molecule has 0 aromatic heterocycles. The second kappa shape index (κ2) is 8.32. The van der Waals surface area contributed by atoms with Crippen molar-refractivity contribution >= 4 is 25.6 Å². The molecule has 2 rings (SSSR count). The molecule has 5 nitrogen and oxygen atoms in total. The zero-order valence-corrected chi connectivity index (χ0v) is 16.0. The number of nitrogens with zero attached hydrogens (tertiary/aromatic N) is 2. The fourth-order valence-electron chi connectivity index (χ4n) is 3.19. The third kappa shape index (κ3) is 5.55. The van der Waals surface area contributed by atoms with E-state index in [4.69, 9.17) is 10.7 Å². The lowest BCUT2D eigenvalue weighted by molar-refractivity contribution is -0.187. The van der Waals surface area contributed by atoms with Crippen molar-refractivity contribution in [1.82, 2.24) is 9.80 Å². The Morgan fingerprint density at radius 2 is 2.04 bits per heavy atom. The molecule has 1 aromatic rings. The minimum absolute atomic E-state index is 0.0738. The molecule has 152 valence electrons. The number of likely N-dealkylation sites (N-methyl/N-ethyl adjacent to an activating group) is 1. The molecule has 1 aliphatic heterocycles. The third-order valence-electron chi connectivity index (χ3n) is 4.55. The Hall–Kier alpha value is -1.39. The fraction of sp³-hybridized carbons (Fsp3) is 0.562. The molecule has 0 N–H and O–H groups in total. The van der Waals surface area contributed by atoms with Crippen molar-refractivity contribution in [2.45, 2.75) is 36.9 Å². The van der Waals surface area contributed by atoms with Crippen LogP contribution in [0.1, 0.15) is 18.9 Å². The predicted octanol–water partition coefficient (Wildman–Crippen LogP) is 2.78. The number of benzene rings is 1. The summed E-state index contributed by atoms with van der Waals surface area (Å²) in [6.45, 7) is 2.96. The molecule has 0 bridgehead atoms. The number of likely N-dealkylation sites (tertiary alicyclic amines) is 1. The molecule has 1 aliphatic rings. The lowest BCUT2D eigenvalue weighted by atomic mass is 10.1. The molecule has 11 heteroatoms. The molecule has 0 aliphatic carbocycles. The Bertz CT molecular complexity index is 801. The maximum absolute atomic E-state index is 13.5. The van der Waals surface area contributed by atoms with Gasteiger partial charge in [0.2, 0.25) is 0 Å². The number of carbonyl (C=O) groups is 1. The number of hydrogen-bond donors (Lipinski definition) is 0. The molecular weight excluding hydrogens is 412 g/mol. The largest absolute Gasteiger partial charge is 0.471 e. The Labute approximate surface area is 159 Å². The normalized spacial score (nSPS) is 18.7. The molecule has 0 spiro atoms. The van der Waals surface area contributed by atoms with Gasteiger partial charge in [0, 0.05) is 36.4 Å². The number of carbonyl (C=O) groups excluding carboxylic acids is 1. The number of alkyl halides is 3. The zero-order chi connectivity index (χ0) is 20.4. The molecule has 0 unspecified atom stereocenters. The van der Waals surface area contributed by atoms with Crippen molar-refractivity contribution in [3.63, 3.8) is 0 Å². The number of halogens is 5. The molecule has 27 heavy (non-hydrogen) atoms. The second-order valence-electron chi connectivity index (χ2n) is 6.27. The van der Waals surface area contributed by atoms with Crippen molar-refractivity contribution in [2.75, 3.05) is 26.2 Å². The first kappa shape index (κ1) is 21.9. The smallest absolute Gasteiger partial charge is 0.330 e. The summed E-state index contributed by atoms with van der Waals surface area (Å²) in [4.78, 5) is 14.1. The third-order valence-corrected chi connectivity index (χ3v) is 5.97. The zero-order valence-electron chi connectivity index (χ0n) is 14.5. The minimum Gasteiger partial charge on any atom is -0.330 e. The highest BCUT2D eigenvalue weighted by Crippen LogP contribution is 2.26. The van der Waals surface area contributed by atoms with Crippen LogP contribution in [0.15, 0.2) is 23.1 Å². The van der Waals surface area contributed by atoms with Crippen LogP contribution < -0.4 is 0 Å². The van der Waals surface area contributed by atoms with Crippen LogP contribution in [-0.2, 0) is 20.3 Å². The SMILES string of the molecule is CCN1CC[C@@H](N(CCc2cc(F)ccc2S(=O)(=O)Cl)C(=O)C(F)(F)F)C1. The highest BCUT2D eigenvalue weighted by molar-refractivity contribution is 8.13. The lowest BCUT2D eigenvalue weighted by Gasteiger charge is -2.30. The first-order valence-corrected chi connectivity index (χ1v) is 10.6. The van der Waals surface area contributed by atoms with Crippen LogP contribution in [0.25, 0.3) is 0 Å². The minimum atomic E-state index is -5.05. The van der Waals surface area contributed by atoms with Crippen LogP contribution in [0.2, 0.25) is 0 Å². The van der Waals surface area contributed by atoms with Crippen LogP contribution in [0.4, 0.5) is 17.6 Å². The van der Waals surface area contributed by atoms with Gasteiger partial charge >= 0.3 is 12.1 Å². The summed E-state index contributed by atoms with van der Waals surface area (Å²) in [5.41, 5.74) is -0.0738. The summed E-state index contributed by atoms with van der Waals surface area (Å²) in [5.74, 6) is -2.74. The van der Waals surface area contributed by atoms with E-state index in [0.29, 0.717) is 31.0 Å². The first-order valence-electron chi connectivity index (χ1n) is 8.26. The molecule has 1 heterocycles. The number of rotatable bonds is 6. The van der Waals surface area contributed by atoms with E-state index in [2.05, 4.69) is 0 Å². The monoisotopic (exact) mass is 430 g/mol. The molecule has 1 atom stereocenters. The summed E-state index contributed by atoms with van der Waals surface area (Å²) in [5, 5.41) is 0. The summed E-state index contributed by atoms with van der Waals surface area (Å²) < 4.78 is 75.8. The van der Waals surface area contributed by atoms with E-state index >= 15 is 0 Å². The van der Waals surface area contributed by atoms with Crippen LogP contribution >= 0.6 is 10.7 Å². The second-order valence-corrected chi connectivity index (χ2v) is 8.81. The van der Waals surface area contributed by atoms with E-state index in [9.17, 15) is 30.8 Å². The Balaban J connectivity index is 2.27. The van der Waals surface area contributed by atoms with Crippen LogP contribution in [-0.4, -0.2) is 62.5 Å². The Kier molecular flexibility index (Phi) is 6.75. The van der Waals surface area contributed by atoms with E-state index in [-0.39, 0.29) is 16.9 Å². The maximum atomic E-state index is 13.5. The predicted molar refractivity (Wildman–Crippen MR) is 91.4 cm³/mol. The average Bonchev–Trinajstić information content (AvgIpc) is 3.01. The van der Waals surface area contributed by atoms with Crippen molar-refractivity contribution < 1.29 is 30.8 Å². The number of hydrogen-bond acceptors (Lipinski definition) is 4. The fourth-order valence-corrected chi connectivity index (χ4v) is 4.35. The van der Waals surface area contributed by atoms with Crippen molar-refractivity contribution in [1.29, 1.82) is 0 Å². The molecule has 1 saturated heterocycles. The van der Waals surface area contributed by atoms with E-state index in [1.54, 1.807) is 0 Å². The molecule has 1 amide bonds. The lowest BCUT2D eigenvalue weighted by Crippen LogP contribution is -2.49. The quantitative estimate of drug-likeness (QED) is 0.514. The summed E-state index contributed by atoms with van der Waals surface area (Å²) in [7, 11) is 1.11. The van der Waals surface area contributed by atoms with E-state index in [1.807, 2.05) is 11.8 Å². The van der Waals surface area contributed by atoms with Gasteiger partial charge in [0.05, 0.1) is 4.90 Å². The summed E-state index contributed by atoms with van der Waals surface area (Å²) in [6.07, 6.45) is -4.95. The highest BCUT2D eigenvalue weighted by Gasteiger charge is 2.45. The van der Waals surface area contributed by atoms with Crippen molar-refractivity contribution in [3.05, 3.63) is 29.6 Å². The van der Waals surface area contributed by atoms with Gasteiger partial charge in [0.15, 0.2) is 0 Å². The van der Waals surface area contributed by atoms with Crippen molar-refractivity contribution in [3.8, 4) is 0 Å². The van der Waals surface area contributed by atoms with Gasteiger partial charge in [-0.05, 0) is 43.1 Å². The van der Waals surface area contributed by atoms with E-state index in [1.165, 1.54) is 0 Å². The molecule has 1 fully saturated rings. The summed E-state index contributed by atoms with van der Waals surface area (Å²) in [6, 6.07) is 2.10. The van der Waals surface area contributed by atoms with Gasteiger partial charge in [-0.25, -0.2) is 12.8 Å². The van der Waals surface area contributed by atoms with Crippen LogP contribution in [0.5, 0.6) is 0 Å². The first-order chi connectivity index (χ1) is 12.4. The Morgan fingerprint density at radius 3 is 2.56 bits per heavy atom. The molecule has 0 radical (unpaired) electrons. The maximum Gasteiger partial charge on any atom is 0.471 e. The van der Waals surface area contributed by atoms with Gasteiger partial charge in [0.25, 0.3) is 9.05 Å². The average molecular weight is 431 g/mol. The van der Waals surface area contributed by atoms with Gasteiger partial charge in [-0.1, -0.05) is 6.92 Å². The number of amides is 1. The molecular formula is C16H19ClF4N2O3S. The van der Waals surface area contributed by atoms with Gasteiger partial charge in [0.1, 0.15) is 5.82 Å². The molecule has 1 aromatic carbocycles. The van der Waals surface area contributed by atoms with Crippen LogP contribution in [0, 0.1) is 5.82 Å². The van der Waals surface area contributed by atoms with Gasteiger partial charge in [-0.2, -0.15) is 13.2 Å². The van der Waals surface area contributed by atoms with E-state index in [0.717, 1.165) is 18.2 Å². The van der Waals surface area contributed by atoms with Crippen molar-refractivity contribution in [2.24, 2.45) is 0 Å². The van der Waals surface area contributed by atoms with E-state index < -0.39 is 39.5 Å². The van der Waals surface area contributed by atoms with Gasteiger partial charge < -0.3 is 9.80 Å². The molecule has 0 saturated carbocycles. The highest BCUT2D eigenvalue weighted by atomic mass is 35.7. The standard InChI is InChI=1S/C16H19ClF4N2O3S/c1-2-22-7-6-13(10-22)23(15(24)16(19,20)21)8-5-11-9-12(18)3-4-14(11)27(17,25)26/h3-4,9,13H,2,5-8,10H2,1H3/t13-/m1/s1. The topological polar surface area (TPSA) is 57.7 Å². The van der Waals surface area contributed by atoms with Gasteiger partial charge in [-0.3, -0.25) is 4.79 Å².